The van der Waals surface area contributed by atoms with E-state index in [2.05, 4.69) is 0 Å². The number of hydrogen-bond donors (Lipinski definition) is 5. The van der Waals surface area contributed by atoms with Crippen molar-refractivity contribution in [2.75, 3.05) is 39.5 Å². The van der Waals surface area contributed by atoms with Crippen molar-refractivity contribution in [2.24, 2.45) is 0 Å². The molecular weight excluding hydrogens is 237 g/mol. The Hall–Kier alpha value is 0.910. The fourth-order valence-electron chi connectivity index (χ4n) is 0.760. The van der Waals surface area contributed by atoms with E-state index in [1.54, 1.807) is 4.90 Å². The zero-order chi connectivity index (χ0) is 11.4. The first-order chi connectivity index (χ1) is 6.58. The zero-order valence-corrected chi connectivity index (χ0v) is 8.56. The van der Waals surface area contributed by atoms with Gasteiger partial charge < -0.3 is 15.3 Å². The Morgan fingerprint density at radius 2 is 1.07 bits per heavy atom. The van der Waals surface area contributed by atoms with Crippen LogP contribution in [0.25, 0.3) is 0 Å². The van der Waals surface area contributed by atoms with Crippen molar-refractivity contribution < 1.29 is 28.6 Å². The number of nitrogens with zero attached hydrogens (tertiary/aromatic N) is 1. The van der Waals surface area contributed by atoms with E-state index in [0.717, 1.165) is 0 Å². The third kappa shape index (κ3) is 25.3. The molecule has 0 fully saturated rings. The number of aliphatic hydroxyl groups is 3. The predicted molar refractivity (Wildman–Crippen MR) is 58.2 cm³/mol. The summed E-state index contributed by atoms with van der Waals surface area (Å²) in [6.45, 7) is 1.75. The molecule has 0 atom stereocenters. The van der Waals surface area contributed by atoms with Crippen LogP contribution < -0.4 is 0 Å². The van der Waals surface area contributed by atoms with Gasteiger partial charge in [0.05, 0.1) is 19.8 Å². The average molecular weight is 255 g/mol. The van der Waals surface area contributed by atoms with Gasteiger partial charge in [0, 0.05) is 19.6 Å². The zero-order valence-electron chi connectivity index (χ0n) is 7.74. The minimum atomic E-state index is -2.61. The minimum absolute atomic E-state index is 0. The molecule has 0 spiro atoms. The third-order valence-corrected chi connectivity index (χ3v) is 1.25. The maximum atomic E-state index is 8.67. The van der Waals surface area contributed by atoms with E-state index < -0.39 is 11.4 Å². The van der Waals surface area contributed by atoms with Gasteiger partial charge in [0.2, 0.25) is 0 Å². The predicted octanol–water partition coefficient (Wildman–Crippen LogP) is -2.70. The van der Waals surface area contributed by atoms with E-state index in [0.29, 0.717) is 19.6 Å². The molecule has 0 aromatic carbocycles. The van der Waals surface area contributed by atoms with Crippen molar-refractivity contribution >= 4 is 40.9 Å². The van der Waals surface area contributed by atoms with Crippen molar-refractivity contribution in [1.82, 2.24) is 4.90 Å². The molecular formula is C6H18NNaO6S. The first kappa shape index (κ1) is 21.2. The van der Waals surface area contributed by atoms with Gasteiger partial charge in [-0.25, -0.2) is 0 Å². The SMILES string of the molecule is O=S(O)O.OCCN(CCO)CCO.[NaH]. The van der Waals surface area contributed by atoms with Gasteiger partial charge >= 0.3 is 29.6 Å². The maximum absolute atomic E-state index is 8.67. The van der Waals surface area contributed by atoms with E-state index in [-0.39, 0.29) is 49.4 Å². The van der Waals surface area contributed by atoms with Gasteiger partial charge in [-0.2, -0.15) is 4.21 Å². The molecule has 90 valence electrons. The van der Waals surface area contributed by atoms with E-state index in [9.17, 15) is 0 Å². The van der Waals surface area contributed by atoms with Crippen LogP contribution in [0.2, 0.25) is 0 Å². The topological polar surface area (TPSA) is 121 Å². The van der Waals surface area contributed by atoms with Crippen molar-refractivity contribution in [3.63, 3.8) is 0 Å². The van der Waals surface area contributed by atoms with Crippen LogP contribution in [0.3, 0.4) is 0 Å². The summed E-state index contributed by atoms with van der Waals surface area (Å²) < 4.78 is 22.8. The molecule has 0 aliphatic heterocycles. The van der Waals surface area contributed by atoms with Gasteiger partial charge in [0.15, 0.2) is 0 Å². The Morgan fingerprint density at radius 3 is 1.20 bits per heavy atom. The third-order valence-electron chi connectivity index (χ3n) is 1.25. The van der Waals surface area contributed by atoms with Crippen LogP contribution in [0.1, 0.15) is 0 Å². The standard InChI is InChI=1S/C6H15NO3.Na.H2O3S.H/c8-4-1-7(2-5-9)3-6-10;;1-4(2)3;/h8-10H,1-6H2;;(H2,1,2,3);. The molecule has 0 radical (unpaired) electrons. The summed E-state index contributed by atoms with van der Waals surface area (Å²) in [5.41, 5.74) is 0. The van der Waals surface area contributed by atoms with Crippen molar-refractivity contribution in [2.45, 2.75) is 0 Å². The fourth-order valence-corrected chi connectivity index (χ4v) is 0.760. The van der Waals surface area contributed by atoms with Crippen molar-refractivity contribution in [3.8, 4) is 0 Å². The quantitative estimate of drug-likeness (QED) is 0.258. The normalized spacial score (nSPS) is 9.53. The second-order valence-electron chi connectivity index (χ2n) is 2.24. The van der Waals surface area contributed by atoms with E-state index in [4.69, 9.17) is 28.6 Å². The fraction of sp³-hybridized carbons (Fsp3) is 1.00. The summed E-state index contributed by atoms with van der Waals surface area (Å²) in [6, 6.07) is 0. The second-order valence-corrected chi connectivity index (χ2v) is 2.70. The molecule has 0 aliphatic carbocycles. The molecule has 5 N–H and O–H groups in total. The van der Waals surface area contributed by atoms with Crippen LogP contribution >= 0.6 is 0 Å². The monoisotopic (exact) mass is 255 g/mol. The van der Waals surface area contributed by atoms with Crippen molar-refractivity contribution in [1.29, 1.82) is 0 Å². The summed E-state index contributed by atoms with van der Waals surface area (Å²) in [7, 11) is 0. The molecule has 7 nitrogen and oxygen atoms in total. The Labute approximate surface area is 114 Å². The summed E-state index contributed by atoms with van der Waals surface area (Å²) in [4.78, 5) is 1.79. The molecule has 0 rings (SSSR count). The Bertz CT molecular complexity index is 123. The summed E-state index contributed by atoms with van der Waals surface area (Å²) in [5.74, 6) is 0. The van der Waals surface area contributed by atoms with Crippen LogP contribution in [-0.4, -0.2) is 103 Å². The molecule has 0 saturated carbocycles. The second kappa shape index (κ2) is 17.3. The van der Waals surface area contributed by atoms with Gasteiger partial charge in [0.25, 0.3) is 11.4 Å². The number of hydrogen-bond acceptors (Lipinski definition) is 5. The van der Waals surface area contributed by atoms with Crippen LogP contribution in [0.5, 0.6) is 0 Å². The number of rotatable bonds is 6. The Balaban J connectivity index is -0.000000249. The van der Waals surface area contributed by atoms with E-state index in [1.807, 2.05) is 0 Å². The molecule has 0 aromatic heterocycles. The van der Waals surface area contributed by atoms with Crippen LogP contribution in [-0.2, 0) is 11.4 Å². The summed E-state index contributed by atoms with van der Waals surface area (Å²) in [6.07, 6.45) is 0. The first-order valence-electron chi connectivity index (χ1n) is 3.93. The molecule has 0 bridgehead atoms. The van der Waals surface area contributed by atoms with Gasteiger partial charge in [0.1, 0.15) is 0 Å². The van der Waals surface area contributed by atoms with Crippen LogP contribution in [0, 0.1) is 0 Å². The number of aliphatic hydroxyl groups excluding tert-OH is 3. The van der Waals surface area contributed by atoms with Crippen LogP contribution in [0.15, 0.2) is 0 Å². The van der Waals surface area contributed by atoms with Gasteiger partial charge in [-0.3, -0.25) is 14.0 Å². The van der Waals surface area contributed by atoms with Gasteiger partial charge in [-0.1, -0.05) is 0 Å². The molecule has 0 aliphatic rings. The van der Waals surface area contributed by atoms with Gasteiger partial charge in [-0.05, 0) is 0 Å². The Morgan fingerprint density at radius 1 is 0.867 bits per heavy atom. The van der Waals surface area contributed by atoms with Crippen molar-refractivity contribution in [3.05, 3.63) is 0 Å². The summed E-state index contributed by atoms with van der Waals surface area (Å²) in [5, 5.41) is 25.5. The molecule has 15 heavy (non-hydrogen) atoms. The molecule has 0 heterocycles. The molecule has 0 unspecified atom stereocenters. The average Bonchev–Trinajstić information content (AvgIpc) is 2.04. The Kier molecular flexibility index (Phi) is 24.5. The van der Waals surface area contributed by atoms with E-state index >= 15 is 0 Å². The molecule has 9 heteroatoms. The van der Waals surface area contributed by atoms with Gasteiger partial charge in [-0.15, -0.1) is 0 Å². The first-order valence-corrected chi connectivity index (χ1v) is 4.99. The molecule has 0 amide bonds. The van der Waals surface area contributed by atoms with Crippen LogP contribution in [0.4, 0.5) is 0 Å². The van der Waals surface area contributed by atoms with E-state index in [1.165, 1.54) is 0 Å². The molecule has 0 saturated heterocycles. The molecule has 0 aromatic rings. The summed E-state index contributed by atoms with van der Waals surface area (Å²) >= 11 is -2.61.